The second-order valence-corrected chi connectivity index (χ2v) is 23.0. The molecule has 3 aliphatic rings. The van der Waals surface area contributed by atoms with E-state index in [0.29, 0.717) is 6.33 Å². The summed E-state index contributed by atoms with van der Waals surface area (Å²) in [5.74, 6) is 0.311. The van der Waals surface area contributed by atoms with Gasteiger partial charge in [0.05, 0.1) is 12.4 Å². The van der Waals surface area contributed by atoms with E-state index in [2.05, 4.69) is 175 Å². The first-order valence-electron chi connectivity index (χ1n) is 23.7. The molecule has 63 heavy (non-hydrogen) atoms. The molecule has 5 unspecified atom stereocenters. The third-order valence-corrected chi connectivity index (χ3v) is 14.9. The zero-order valence-electron chi connectivity index (χ0n) is 41.2. The third kappa shape index (κ3) is 11.7. The zero-order valence-corrected chi connectivity index (χ0v) is 42.0. The summed E-state index contributed by atoms with van der Waals surface area (Å²) in [7, 11) is 0. The van der Waals surface area contributed by atoms with Crippen LogP contribution in [-0.4, -0.2) is 25.0 Å². The van der Waals surface area contributed by atoms with Gasteiger partial charge in [0.2, 0.25) is 0 Å². The molecule has 0 bridgehead atoms. The lowest BCUT2D eigenvalue weighted by atomic mass is 9.36. The fraction of sp³-hybridized carbons (Fsp3) is 0.509. The Balaban J connectivity index is 1.82. The fourth-order valence-electron chi connectivity index (χ4n) is 10.1. The highest BCUT2D eigenvalue weighted by Gasteiger charge is 2.41. The van der Waals surface area contributed by atoms with Crippen LogP contribution in [0.3, 0.4) is 0 Å². The summed E-state index contributed by atoms with van der Waals surface area (Å²) in [6.07, 6.45) is 28.3. The molecule has 2 aromatic rings. The highest BCUT2D eigenvalue weighted by atomic mass is 32.1. The molecular weight excluding hydrogens is 794 g/mol. The van der Waals surface area contributed by atoms with Crippen LogP contribution in [-0.2, 0) is 10.8 Å². The van der Waals surface area contributed by atoms with Crippen molar-refractivity contribution in [3.8, 4) is 0 Å². The molecule has 2 nitrogen and oxygen atoms in total. The zero-order chi connectivity index (χ0) is 46.5. The SMILES string of the molecule is C=CCC(C=C)C1C=C(C(C)(C)C)C(C(C)(C)C)=CC1NC1=C(B(C(/C=C\CCC)=C/C)c2cc3cc4c(cc3s2)C(C)(C)CCC4(C)C)C(N/C=C/CC(F)/C=C/F)CC(C)=C1. The lowest BCUT2D eigenvalue weighted by Gasteiger charge is -2.43. The number of unbranched alkanes of at least 4 members (excludes halogenated alkanes) is 1. The van der Waals surface area contributed by atoms with Gasteiger partial charge in [0.15, 0.2) is 0 Å². The average Bonchev–Trinajstić information content (AvgIpc) is 3.62. The maximum absolute atomic E-state index is 14.5. The van der Waals surface area contributed by atoms with Gasteiger partial charge in [-0.2, -0.15) is 0 Å². The summed E-state index contributed by atoms with van der Waals surface area (Å²) in [5.41, 5.74) is 10.7. The number of rotatable bonds is 17. The number of fused-ring (bicyclic) bond motifs is 2. The molecule has 1 aromatic heterocycles. The molecule has 6 heteroatoms. The Bertz CT molecular complexity index is 2170. The summed E-state index contributed by atoms with van der Waals surface area (Å²) < 4.78 is 30.0. The molecule has 5 rings (SSSR count). The summed E-state index contributed by atoms with van der Waals surface area (Å²) in [6.45, 7) is 38.7. The van der Waals surface area contributed by atoms with E-state index in [4.69, 9.17) is 0 Å². The summed E-state index contributed by atoms with van der Waals surface area (Å²) in [5, 5.41) is 9.35. The maximum Gasteiger partial charge on any atom is 0.254 e. The molecule has 0 saturated carbocycles. The number of allylic oxidation sites excluding steroid dienone is 11. The molecule has 3 aliphatic carbocycles. The van der Waals surface area contributed by atoms with Crippen molar-refractivity contribution >= 4 is 32.9 Å². The predicted octanol–water partition coefficient (Wildman–Crippen LogP) is 15.5. The minimum atomic E-state index is -1.38. The van der Waals surface area contributed by atoms with Crippen molar-refractivity contribution in [3.63, 3.8) is 0 Å². The van der Waals surface area contributed by atoms with E-state index in [0.717, 1.165) is 37.5 Å². The van der Waals surface area contributed by atoms with E-state index in [-0.39, 0.29) is 58.7 Å². The van der Waals surface area contributed by atoms with E-state index >= 15 is 0 Å². The molecular formula is C57H79BF2N2S. The molecule has 0 fully saturated rings. The standard InChI is InChI=1S/C57H79BF2N2S/c1-16-20-21-24-41(19-4)58(52-34-40-33-46-47(37-51(40)63-52)57(14,15)28-27-56(46,12)13)53-49(61-30-22-25-42(60)26-29-59)31-38(5)32-50(53)62-48-36-45(55(9,10)11)44(54(6,7)8)35-43(48)39(18-3)23-17-2/h17-19,21-22,24,26,29-30,32-37,39,42-43,48-49,61-62H,2-3,16,20,23,25,27-28,31H2,1,4-15H3/b24-21-,29-26+,30-22+,41-19+. The van der Waals surface area contributed by atoms with Crippen molar-refractivity contribution in [1.29, 1.82) is 0 Å². The Kier molecular flexibility index (Phi) is 16.3. The van der Waals surface area contributed by atoms with Gasteiger partial charge in [-0.3, -0.25) is 0 Å². The number of alkyl halides is 1. The summed E-state index contributed by atoms with van der Waals surface area (Å²) >= 11 is 1.93. The lowest BCUT2D eigenvalue weighted by molar-refractivity contribution is 0.332. The molecule has 1 aromatic carbocycles. The van der Waals surface area contributed by atoms with Gasteiger partial charge in [-0.25, -0.2) is 8.78 Å². The van der Waals surface area contributed by atoms with Crippen LogP contribution >= 0.6 is 11.3 Å². The van der Waals surface area contributed by atoms with Crippen LogP contribution in [0, 0.1) is 22.7 Å². The first-order chi connectivity index (χ1) is 29.6. The number of thiophene rings is 1. The Morgan fingerprint density at radius 2 is 1.60 bits per heavy atom. The molecule has 0 amide bonds. The van der Waals surface area contributed by atoms with Crippen molar-refractivity contribution in [2.24, 2.45) is 22.7 Å². The van der Waals surface area contributed by atoms with Gasteiger partial charge in [0.1, 0.15) is 6.17 Å². The first-order valence-corrected chi connectivity index (χ1v) is 24.5. The van der Waals surface area contributed by atoms with E-state index in [1.165, 1.54) is 66.5 Å². The number of benzene rings is 1. The van der Waals surface area contributed by atoms with Gasteiger partial charge in [-0.1, -0.05) is 142 Å². The molecule has 5 atom stereocenters. The normalized spacial score (nSPS) is 22.8. The summed E-state index contributed by atoms with van der Waals surface area (Å²) in [6, 6.07) is 7.35. The molecule has 1 heterocycles. The van der Waals surface area contributed by atoms with Crippen LogP contribution in [0.15, 0.2) is 138 Å². The van der Waals surface area contributed by atoms with Crippen molar-refractivity contribution in [3.05, 3.63) is 149 Å². The topological polar surface area (TPSA) is 24.1 Å². The Morgan fingerprint density at radius 1 is 0.952 bits per heavy atom. The van der Waals surface area contributed by atoms with E-state index in [9.17, 15) is 8.78 Å². The van der Waals surface area contributed by atoms with E-state index < -0.39 is 6.17 Å². The highest BCUT2D eigenvalue weighted by Crippen LogP contribution is 2.49. The third-order valence-electron chi connectivity index (χ3n) is 13.8. The van der Waals surface area contributed by atoms with E-state index in [1.54, 1.807) is 6.08 Å². The Labute approximate surface area is 386 Å². The summed E-state index contributed by atoms with van der Waals surface area (Å²) in [4.78, 5) is 0. The second-order valence-electron chi connectivity index (χ2n) is 21.9. The highest BCUT2D eigenvalue weighted by molar-refractivity contribution is 7.30. The van der Waals surface area contributed by atoms with Crippen molar-refractivity contribution in [2.75, 3.05) is 0 Å². The monoisotopic (exact) mass is 873 g/mol. The van der Waals surface area contributed by atoms with Crippen molar-refractivity contribution < 1.29 is 8.78 Å². The van der Waals surface area contributed by atoms with Gasteiger partial charge in [0, 0.05) is 28.8 Å². The number of hydrogen-bond acceptors (Lipinski definition) is 3. The average molecular weight is 873 g/mol. The minimum Gasteiger partial charge on any atom is -0.385 e. The smallest absolute Gasteiger partial charge is 0.254 e. The van der Waals surface area contributed by atoms with Crippen LogP contribution in [0.25, 0.3) is 10.1 Å². The molecule has 0 aliphatic heterocycles. The van der Waals surface area contributed by atoms with Gasteiger partial charge in [-0.05, 0) is 148 Å². The minimum absolute atomic E-state index is 0.0275. The molecule has 0 radical (unpaired) electrons. The van der Waals surface area contributed by atoms with Crippen molar-refractivity contribution in [2.45, 2.75) is 164 Å². The number of hydrogen-bond donors (Lipinski definition) is 2. The van der Waals surface area contributed by atoms with Crippen LogP contribution in [0.4, 0.5) is 8.78 Å². The molecule has 2 N–H and O–H groups in total. The Hall–Kier alpha value is -3.90. The van der Waals surface area contributed by atoms with Crippen molar-refractivity contribution in [1.82, 2.24) is 10.6 Å². The van der Waals surface area contributed by atoms with E-state index in [1.807, 2.05) is 23.6 Å². The maximum atomic E-state index is 14.5. The quantitative estimate of drug-likeness (QED) is 0.0940. The lowest BCUT2D eigenvalue weighted by Crippen LogP contribution is -2.48. The van der Waals surface area contributed by atoms with Crippen LogP contribution < -0.4 is 15.4 Å². The fourth-order valence-corrected chi connectivity index (χ4v) is 11.3. The largest absolute Gasteiger partial charge is 0.385 e. The van der Waals surface area contributed by atoms with Crippen LogP contribution in [0.2, 0.25) is 0 Å². The van der Waals surface area contributed by atoms with Crippen LogP contribution in [0.1, 0.15) is 146 Å². The molecule has 0 spiro atoms. The van der Waals surface area contributed by atoms with Gasteiger partial charge in [0.25, 0.3) is 6.71 Å². The first kappa shape index (κ1) is 50.1. The van der Waals surface area contributed by atoms with Gasteiger partial charge < -0.3 is 10.6 Å². The number of nitrogens with one attached hydrogen (secondary N) is 2. The molecule has 0 saturated heterocycles. The Morgan fingerprint density at radius 3 is 2.19 bits per heavy atom. The second kappa shape index (κ2) is 20.5. The van der Waals surface area contributed by atoms with Crippen LogP contribution in [0.5, 0.6) is 0 Å². The van der Waals surface area contributed by atoms with Gasteiger partial charge >= 0.3 is 0 Å². The number of halogens is 2. The van der Waals surface area contributed by atoms with Gasteiger partial charge in [-0.15, -0.1) is 24.5 Å². The molecule has 340 valence electrons. The predicted molar refractivity (Wildman–Crippen MR) is 276 cm³/mol.